The Balaban J connectivity index is 2.04. The Labute approximate surface area is 115 Å². The van der Waals surface area contributed by atoms with Gasteiger partial charge in [-0.15, -0.1) is 0 Å². The molecule has 1 aromatic carbocycles. The Kier molecular flexibility index (Phi) is 4.33. The molecule has 7 nitrogen and oxygen atoms in total. The van der Waals surface area contributed by atoms with Gasteiger partial charge < -0.3 is 15.7 Å². The first-order valence-electron chi connectivity index (χ1n) is 5.98. The number of nitrogens with zero attached hydrogens (tertiary/aromatic N) is 1. The second kappa shape index (κ2) is 6.37. The third-order valence-corrected chi connectivity index (χ3v) is 2.64. The van der Waals surface area contributed by atoms with Crippen molar-refractivity contribution in [3.63, 3.8) is 0 Å². The molecular weight excluding hydrogens is 260 g/mol. The summed E-state index contributed by atoms with van der Waals surface area (Å²) in [5, 5.41) is 20.4. The number of urea groups is 1. The molecule has 0 spiro atoms. The third-order valence-electron chi connectivity index (χ3n) is 2.64. The summed E-state index contributed by atoms with van der Waals surface area (Å²) >= 11 is 0. The largest absolute Gasteiger partial charge is 0.481 e. The van der Waals surface area contributed by atoms with Crippen molar-refractivity contribution in [3.05, 3.63) is 48.3 Å². The van der Waals surface area contributed by atoms with E-state index in [1.54, 1.807) is 24.3 Å². The zero-order valence-corrected chi connectivity index (χ0v) is 10.5. The summed E-state index contributed by atoms with van der Waals surface area (Å²) in [6, 6.07) is 7.87. The van der Waals surface area contributed by atoms with Crippen LogP contribution in [0.2, 0.25) is 0 Å². The molecule has 7 heteroatoms. The van der Waals surface area contributed by atoms with Gasteiger partial charge in [0.25, 0.3) is 0 Å². The fourth-order valence-corrected chi connectivity index (χ4v) is 1.76. The first-order chi connectivity index (χ1) is 9.65. The maximum atomic E-state index is 11.8. The van der Waals surface area contributed by atoms with E-state index in [9.17, 15) is 9.59 Å². The van der Waals surface area contributed by atoms with Gasteiger partial charge in [-0.05, 0) is 5.56 Å². The van der Waals surface area contributed by atoms with Crippen molar-refractivity contribution < 1.29 is 14.7 Å². The molecule has 0 aliphatic carbocycles. The Morgan fingerprint density at radius 2 is 2.05 bits per heavy atom. The number of benzene rings is 1. The van der Waals surface area contributed by atoms with Gasteiger partial charge >= 0.3 is 12.0 Å². The zero-order valence-electron chi connectivity index (χ0n) is 10.5. The van der Waals surface area contributed by atoms with Gasteiger partial charge in [0, 0.05) is 6.20 Å². The summed E-state index contributed by atoms with van der Waals surface area (Å²) in [7, 11) is 0. The molecule has 104 valence electrons. The Morgan fingerprint density at radius 1 is 1.30 bits per heavy atom. The number of carbonyl (C=O) groups is 2. The number of carboxylic acids is 1. The van der Waals surface area contributed by atoms with Crippen LogP contribution in [-0.4, -0.2) is 27.3 Å². The van der Waals surface area contributed by atoms with E-state index in [1.165, 1.54) is 12.4 Å². The molecule has 4 N–H and O–H groups in total. The standard InChI is InChI=1S/C13H14N4O3/c18-12(19)6-11(9-4-2-1-3-5-9)17-13(20)16-10-7-14-15-8-10/h1-5,7-8,11H,6H2,(H,14,15)(H,18,19)(H2,16,17,20). The summed E-state index contributed by atoms with van der Waals surface area (Å²) in [6.07, 6.45) is 2.78. The first-order valence-corrected chi connectivity index (χ1v) is 5.98. The Bertz CT molecular complexity index is 569. The van der Waals surface area contributed by atoms with Crippen molar-refractivity contribution >= 4 is 17.7 Å². The highest BCUT2D eigenvalue weighted by atomic mass is 16.4. The van der Waals surface area contributed by atoms with Gasteiger partial charge in [-0.1, -0.05) is 30.3 Å². The normalized spacial score (nSPS) is 11.6. The number of H-pyrrole nitrogens is 1. The van der Waals surface area contributed by atoms with Crippen molar-refractivity contribution in [2.24, 2.45) is 0 Å². The lowest BCUT2D eigenvalue weighted by Crippen LogP contribution is -2.33. The number of carbonyl (C=O) groups excluding carboxylic acids is 1. The molecule has 0 radical (unpaired) electrons. The van der Waals surface area contributed by atoms with Gasteiger partial charge in [-0.2, -0.15) is 5.10 Å². The monoisotopic (exact) mass is 274 g/mol. The predicted octanol–water partition coefficient (Wildman–Crippen LogP) is 1.75. The highest BCUT2D eigenvalue weighted by Gasteiger charge is 2.17. The lowest BCUT2D eigenvalue weighted by molar-refractivity contribution is -0.137. The molecule has 0 saturated heterocycles. The first kappa shape index (κ1) is 13.6. The van der Waals surface area contributed by atoms with Gasteiger partial charge in [0.1, 0.15) is 0 Å². The van der Waals surface area contributed by atoms with Crippen LogP contribution in [0.25, 0.3) is 0 Å². The highest BCUT2D eigenvalue weighted by Crippen LogP contribution is 2.16. The van der Waals surface area contributed by atoms with Crippen molar-refractivity contribution in [1.82, 2.24) is 15.5 Å². The summed E-state index contributed by atoms with van der Waals surface area (Å²) in [5.74, 6) is -0.984. The van der Waals surface area contributed by atoms with Crippen LogP contribution in [0.15, 0.2) is 42.7 Å². The van der Waals surface area contributed by atoms with E-state index in [0.29, 0.717) is 5.69 Å². The average molecular weight is 274 g/mol. The molecule has 2 amide bonds. The van der Waals surface area contributed by atoms with Gasteiger partial charge in [0.15, 0.2) is 0 Å². The second-order valence-corrected chi connectivity index (χ2v) is 4.15. The van der Waals surface area contributed by atoms with E-state index in [1.807, 2.05) is 6.07 Å². The number of aliphatic carboxylic acids is 1. The van der Waals surface area contributed by atoms with Crippen LogP contribution in [0.3, 0.4) is 0 Å². The molecule has 2 aromatic rings. The van der Waals surface area contributed by atoms with Crippen molar-refractivity contribution in [1.29, 1.82) is 0 Å². The van der Waals surface area contributed by atoms with Crippen LogP contribution in [0.4, 0.5) is 10.5 Å². The second-order valence-electron chi connectivity index (χ2n) is 4.15. The highest BCUT2D eigenvalue weighted by molar-refractivity contribution is 5.89. The average Bonchev–Trinajstić information content (AvgIpc) is 2.91. The summed E-state index contributed by atoms with van der Waals surface area (Å²) in [5.41, 5.74) is 1.24. The number of aromatic nitrogens is 2. The topological polar surface area (TPSA) is 107 Å². The van der Waals surface area contributed by atoms with Crippen LogP contribution in [0.5, 0.6) is 0 Å². The molecule has 1 aromatic heterocycles. The number of hydrogen-bond acceptors (Lipinski definition) is 3. The minimum Gasteiger partial charge on any atom is -0.481 e. The van der Waals surface area contributed by atoms with Gasteiger partial charge in [0.05, 0.1) is 24.3 Å². The van der Waals surface area contributed by atoms with E-state index < -0.39 is 18.0 Å². The molecule has 0 fully saturated rings. The number of amides is 2. The smallest absolute Gasteiger partial charge is 0.319 e. The summed E-state index contributed by atoms with van der Waals surface area (Å²) < 4.78 is 0. The number of nitrogens with one attached hydrogen (secondary N) is 3. The molecule has 1 atom stereocenters. The molecule has 0 saturated carbocycles. The van der Waals surface area contributed by atoms with E-state index in [0.717, 1.165) is 5.56 Å². The summed E-state index contributed by atoms with van der Waals surface area (Å²) in [6.45, 7) is 0. The number of carboxylic acid groups (broad SMARTS) is 1. The van der Waals surface area contributed by atoms with Crippen LogP contribution in [0, 0.1) is 0 Å². The van der Waals surface area contributed by atoms with E-state index >= 15 is 0 Å². The van der Waals surface area contributed by atoms with Crippen molar-refractivity contribution in [3.8, 4) is 0 Å². The Morgan fingerprint density at radius 3 is 2.65 bits per heavy atom. The molecule has 2 rings (SSSR count). The number of hydrogen-bond donors (Lipinski definition) is 4. The molecule has 0 bridgehead atoms. The predicted molar refractivity (Wildman–Crippen MR) is 72.2 cm³/mol. The van der Waals surface area contributed by atoms with Crippen molar-refractivity contribution in [2.45, 2.75) is 12.5 Å². The van der Waals surface area contributed by atoms with Gasteiger partial charge in [0.2, 0.25) is 0 Å². The van der Waals surface area contributed by atoms with E-state index in [4.69, 9.17) is 5.11 Å². The molecule has 0 aliphatic heterocycles. The minimum absolute atomic E-state index is 0.192. The SMILES string of the molecule is O=C(O)CC(NC(=O)Nc1cn[nH]c1)c1ccccc1. The van der Waals surface area contributed by atoms with Gasteiger partial charge in [-0.25, -0.2) is 4.79 Å². The van der Waals surface area contributed by atoms with E-state index in [-0.39, 0.29) is 6.42 Å². The fourth-order valence-electron chi connectivity index (χ4n) is 1.76. The fraction of sp³-hybridized carbons (Fsp3) is 0.154. The van der Waals surface area contributed by atoms with Crippen molar-refractivity contribution in [2.75, 3.05) is 5.32 Å². The zero-order chi connectivity index (χ0) is 14.4. The molecule has 20 heavy (non-hydrogen) atoms. The molecule has 1 heterocycles. The van der Waals surface area contributed by atoms with Crippen LogP contribution in [-0.2, 0) is 4.79 Å². The van der Waals surface area contributed by atoms with Crippen LogP contribution < -0.4 is 10.6 Å². The number of anilines is 1. The van der Waals surface area contributed by atoms with Crippen LogP contribution in [0.1, 0.15) is 18.0 Å². The molecular formula is C13H14N4O3. The van der Waals surface area contributed by atoms with E-state index in [2.05, 4.69) is 20.8 Å². The lowest BCUT2D eigenvalue weighted by atomic mass is 10.0. The van der Waals surface area contributed by atoms with Gasteiger partial charge in [-0.3, -0.25) is 9.89 Å². The Hall–Kier alpha value is -2.83. The van der Waals surface area contributed by atoms with Crippen LogP contribution >= 0.6 is 0 Å². The minimum atomic E-state index is -0.984. The number of rotatable bonds is 5. The molecule has 0 aliphatic rings. The molecule has 1 unspecified atom stereocenters. The summed E-state index contributed by atoms with van der Waals surface area (Å²) in [4.78, 5) is 22.7. The third kappa shape index (κ3) is 3.84. The number of aromatic amines is 1. The maximum absolute atomic E-state index is 11.8. The quantitative estimate of drug-likeness (QED) is 0.666. The lowest BCUT2D eigenvalue weighted by Gasteiger charge is -2.17. The maximum Gasteiger partial charge on any atom is 0.319 e.